The van der Waals surface area contributed by atoms with Crippen molar-refractivity contribution in [3.63, 3.8) is 0 Å². The molecule has 0 unspecified atom stereocenters. The quantitative estimate of drug-likeness (QED) is 0.777. The Bertz CT molecular complexity index is 740. The van der Waals surface area contributed by atoms with Gasteiger partial charge in [-0.15, -0.1) is 11.3 Å². The first-order chi connectivity index (χ1) is 10.3. The number of ether oxygens (including phenoxy) is 1. The maximum atomic E-state index is 5.73. The van der Waals surface area contributed by atoms with Crippen LogP contribution < -0.4 is 10.1 Å². The average molecular weight is 299 g/mol. The van der Waals surface area contributed by atoms with Gasteiger partial charge in [0.2, 0.25) is 0 Å². The molecular weight excluding hydrogens is 282 g/mol. The molecule has 2 aromatic heterocycles. The lowest BCUT2D eigenvalue weighted by molar-refractivity contribution is 0.296. The van der Waals surface area contributed by atoms with Crippen LogP contribution in [0.3, 0.4) is 0 Å². The van der Waals surface area contributed by atoms with Crippen molar-refractivity contribution in [1.29, 1.82) is 0 Å². The number of nitrogens with zero attached hydrogens (tertiary/aromatic N) is 2. The summed E-state index contributed by atoms with van der Waals surface area (Å²) in [6, 6.07) is 11.9. The molecule has 2 heterocycles. The molecule has 0 radical (unpaired) electrons. The lowest BCUT2D eigenvalue weighted by Crippen LogP contribution is -2.04. The molecule has 1 aromatic carbocycles. The van der Waals surface area contributed by atoms with E-state index in [1.807, 2.05) is 37.4 Å². The molecule has 5 heteroatoms. The summed E-state index contributed by atoms with van der Waals surface area (Å²) in [5.41, 5.74) is 0. The van der Waals surface area contributed by atoms with Crippen molar-refractivity contribution < 1.29 is 4.74 Å². The molecule has 3 aromatic rings. The highest BCUT2D eigenvalue weighted by Crippen LogP contribution is 2.29. The molecule has 0 aliphatic carbocycles. The molecule has 0 saturated carbocycles. The number of nitrogens with one attached hydrogen (secondary N) is 1. The van der Waals surface area contributed by atoms with E-state index in [2.05, 4.69) is 28.3 Å². The number of hydrogen-bond acceptors (Lipinski definition) is 5. The number of anilines is 1. The number of hydrogen-bond donors (Lipinski definition) is 1. The molecule has 0 spiro atoms. The number of para-hydroxylation sites is 1. The molecule has 1 N–H and O–H groups in total. The number of rotatable bonds is 5. The van der Waals surface area contributed by atoms with E-state index in [4.69, 9.17) is 4.74 Å². The minimum atomic E-state index is 0.369. The van der Waals surface area contributed by atoms with Gasteiger partial charge in [0.05, 0.1) is 5.39 Å². The molecule has 0 fully saturated rings. The summed E-state index contributed by atoms with van der Waals surface area (Å²) in [7, 11) is 1.88. The SMILES string of the molecule is CCc1cc2c(NC)nc(COc3ccccc3)nc2s1. The minimum Gasteiger partial charge on any atom is -0.486 e. The van der Waals surface area contributed by atoms with Crippen LogP contribution in [0.15, 0.2) is 36.4 Å². The zero-order chi connectivity index (χ0) is 14.7. The molecule has 108 valence electrons. The second kappa shape index (κ2) is 6.10. The van der Waals surface area contributed by atoms with Crippen molar-refractivity contribution in [3.8, 4) is 5.75 Å². The molecule has 0 amide bonds. The number of fused-ring (bicyclic) bond motifs is 1. The third-order valence-corrected chi connectivity index (χ3v) is 4.36. The van der Waals surface area contributed by atoms with Crippen LogP contribution in [0.1, 0.15) is 17.6 Å². The Labute approximate surface area is 127 Å². The Balaban J connectivity index is 1.88. The van der Waals surface area contributed by atoms with Crippen LogP contribution >= 0.6 is 11.3 Å². The van der Waals surface area contributed by atoms with E-state index in [1.165, 1.54) is 4.88 Å². The lowest BCUT2D eigenvalue weighted by Gasteiger charge is -2.07. The number of aryl methyl sites for hydroxylation is 1. The Hall–Kier alpha value is -2.14. The summed E-state index contributed by atoms with van der Waals surface area (Å²) in [4.78, 5) is 11.5. The van der Waals surface area contributed by atoms with Crippen LogP contribution in [0.5, 0.6) is 5.75 Å². The second-order valence-electron chi connectivity index (χ2n) is 4.63. The van der Waals surface area contributed by atoms with Crippen LogP contribution in [0, 0.1) is 0 Å². The van der Waals surface area contributed by atoms with E-state index in [0.29, 0.717) is 12.4 Å². The predicted molar refractivity (Wildman–Crippen MR) is 87.1 cm³/mol. The zero-order valence-electron chi connectivity index (χ0n) is 12.1. The second-order valence-corrected chi connectivity index (χ2v) is 5.74. The molecule has 0 bridgehead atoms. The highest BCUT2D eigenvalue weighted by Gasteiger charge is 2.10. The largest absolute Gasteiger partial charge is 0.486 e. The fraction of sp³-hybridized carbons (Fsp3) is 0.250. The molecule has 0 saturated heterocycles. The summed E-state index contributed by atoms with van der Waals surface area (Å²) < 4.78 is 5.73. The number of aromatic nitrogens is 2. The van der Waals surface area contributed by atoms with Gasteiger partial charge in [-0.25, -0.2) is 9.97 Å². The molecule has 21 heavy (non-hydrogen) atoms. The monoisotopic (exact) mass is 299 g/mol. The topological polar surface area (TPSA) is 47.0 Å². The van der Waals surface area contributed by atoms with Crippen LogP contribution in [-0.2, 0) is 13.0 Å². The molecule has 0 aliphatic rings. The van der Waals surface area contributed by atoms with Crippen molar-refractivity contribution in [1.82, 2.24) is 9.97 Å². The van der Waals surface area contributed by atoms with E-state index in [0.717, 1.165) is 28.2 Å². The Morgan fingerprint density at radius 3 is 2.71 bits per heavy atom. The average Bonchev–Trinajstić information content (AvgIpc) is 2.96. The van der Waals surface area contributed by atoms with Crippen molar-refractivity contribution in [3.05, 3.63) is 47.1 Å². The Kier molecular flexibility index (Phi) is 4.01. The summed E-state index contributed by atoms with van der Waals surface area (Å²) in [5.74, 6) is 2.38. The summed E-state index contributed by atoms with van der Waals surface area (Å²) in [6.45, 7) is 2.52. The molecule has 4 nitrogen and oxygen atoms in total. The van der Waals surface area contributed by atoms with Gasteiger partial charge in [-0.05, 0) is 24.6 Å². The predicted octanol–water partition coefficient (Wildman–Crippen LogP) is 3.87. The van der Waals surface area contributed by atoms with Crippen molar-refractivity contribution >= 4 is 27.4 Å². The Morgan fingerprint density at radius 1 is 1.19 bits per heavy atom. The fourth-order valence-corrected chi connectivity index (χ4v) is 3.10. The minimum absolute atomic E-state index is 0.369. The van der Waals surface area contributed by atoms with Crippen molar-refractivity contribution in [2.75, 3.05) is 12.4 Å². The maximum absolute atomic E-state index is 5.73. The smallest absolute Gasteiger partial charge is 0.169 e. The maximum Gasteiger partial charge on any atom is 0.169 e. The first kappa shape index (κ1) is 13.8. The van der Waals surface area contributed by atoms with Crippen molar-refractivity contribution in [2.45, 2.75) is 20.0 Å². The highest BCUT2D eigenvalue weighted by atomic mass is 32.1. The van der Waals surface area contributed by atoms with Gasteiger partial charge in [-0.1, -0.05) is 25.1 Å². The highest BCUT2D eigenvalue weighted by molar-refractivity contribution is 7.18. The van der Waals surface area contributed by atoms with Gasteiger partial charge >= 0.3 is 0 Å². The van der Waals surface area contributed by atoms with E-state index in [-0.39, 0.29) is 0 Å². The summed E-state index contributed by atoms with van der Waals surface area (Å²) >= 11 is 1.72. The van der Waals surface area contributed by atoms with Gasteiger partial charge in [0.25, 0.3) is 0 Å². The lowest BCUT2D eigenvalue weighted by atomic mass is 10.3. The number of benzene rings is 1. The molecular formula is C16H17N3OS. The van der Waals surface area contributed by atoms with Crippen LogP contribution in [-0.4, -0.2) is 17.0 Å². The van der Waals surface area contributed by atoms with Crippen LogP contribution in [0.2, 0.25) is 0 Å². The third-order valence-electron chi connectivity index (χ3n) is 3.19. The summed E-state index contributed by atoms with van der Waals surface area (Å²) in [5, 5.41) is 4.23. The summed E-state index contributed by atoms with van der Waals surface area (Å²) in [6.07, 6.45) is 1.01. The van der Waals surface area contributed by atoms with Gasteiger partial charge in [-0.3, -0.25) is 0 Å². The molecule has 0 aliphatic heterocycles. The fourth-order valence-electron chi connectivity index (χ4n) is 2.11. The van der Waals surface area contributed by atoms with Crippen LogP contribution in [0.4, 0.5) is 5.82 Å². The van der Waals surface area contributed by atoms with Gasteiger partial charge in [0.15, 0.2) is 5.82 Å². The van der Waals surface area contributed by atoms with E-state index in [1.54, 1.807) is 11.3 Å². The first-order valence-corrected chi connectivity index (χ1v) is 7.76. The zero-order valence-corrected chi connectivity index (χ0v) is 12.9. The first-order valence-electron chi connectivity index (χ1n) is 6.95. The molecule has 0 atom stereocenters. The normalized spacial score (nSPS) is 10.8. The third kappa shape index (κ3) is 2.97. The Morgan fingerprint density at radius 2 is 2.00 bits per heavy atom. The standard InChI is InChI=1S/C16H17N3OS/c1-3-12-9-13-15(17-2)18-14(19-16(13)21-12)10-20-11-7-5-4-6-8-11/h4-9H,3,10H2,1-2H3,(H,17,18,19). The van der Waals surface area contributed by atoms with Gasteiger partial charge in [0, 0.05) is 11.9 Å². The van der Waals surface area contributed by atoms with E-state index in [9.17, 15) is 0 Å². The number of thiophene rings is 1. The van der Waals surface area contributed by atoms with Gasteiger partial charge in [-0.2, -0.15) is 0 Å². The van der Waals surface area contributed by atoms with E-state index < -0.39 is 0 Å². The molecule has 3 rings (SSSR count). The van der Waals surface area contributed by atoms with Crippen molar-refractivity contribution in [2.24, 2.45) is 0 Å². The van der Waals surface area contributed by atoms with Gasteiger partial charge in [0.1, 0.15) is 23.0 Å². The van der Waals surface area contributed by atoms with E-state index >= 15 is 0 Å². The van der Waals surface area contributed by atoms with Gasteiger partial charge < -0.3 is 10.1 Å². The van der Waals surface area contributed by atoms with Crippen LogP contribution in [0.25, 0.3) is 10.2 Å².